The molecule has 1 saturated heterocycles. The van der Waals surface area contributed by atoms with Gasteiger partial charge >= 0.3 is 0 Å². The highest BCUT2D eigenvalue weighted by Gasteiger charge is 2.47. The van der Waals surface area contributed by atoms with Crippen molar-refractivity contribution < 1.29 is 17.9 Å². The number of pyridine rings is 1. The van der Waals surface area contributed by atoms with Gasteiger partial charge in [0.15, 0.2) is 0 Å². The summed E-state index contributed by atoms with van der Waals surface area (Å²) >= 11 is 13.2. The molecule has 39 heavy (non-hydrogen) atoms. The van der Waals surface area contributed by atoms with Crippen molar-refractivity contribution in [2.45, 2.75) is 56.6 Å². The lowest BCUT2D eigenvalue weighted by atomic mass is 9.97. The van der Waals surface area contributed by atoms with Gasteiger partial charge in [-0.1, -0.05) is 48.2 Å². The number of piperazine rings is 1. The molecule has 0 spiro atoms. The quantitative estimate of drug-likeness (QED) is 0.411. The summed E-state index contributed by atoms with van der Waals surface area (Å²) < 4.78 is 36.3. The molecule has 0 unspecified atom stereocenters. The van der Waals surface area contributed by atoms with Gasteiger partial charge in [-0.05, 0) is 56.5 Å². The minimum absolute atomic E-state index is 0.0293. The number of halogens is 2. The van der Waals surface area contributed by atoms with Crippen LogP contribution in [-0.2, 0) is 21.4 Å². The van der Waals surface area contributed by atoms with Crippen molar-refractivity contribution in [1.82, 2.24) is 19.9 Å². The van der Waals surface area contributed by atoms with Crippen LogP contribution in [0, 0.1) is 13.8 Å². The molecule has 2 N–H and O–H groups in total. The number of aryl methyl sites for hydroxylation is 2. The lowest BCUT2D eigenvalue weighted by Gasteiger charge is -2.37. The standard InChI is InChI=1S/C28H32Cl2N4O4S/c1-18-16-19(2)32-26-20(18)6-5-7-23(26)38-17-21-22(29)8-9-24(25(21)30)39(36,37)33-28(10-3-4-11-28)27(35)34-14-12-31-13-15-34/h5-9,16,31,33H,3-4,10-15,17H2,1-2H3. The van der Waals surface area contributed by atoms with E-state index in [9.17, 15) is 13.2 Å². The lowest BCUT2D eigenvalue weighted by molar-refractivity contribution is -0.138. The largest absolute Gasteiger partial charge is 0.487 e. The third kappa shape index (κ3) is 5.60. The molecule has 0 radical (unpaired) electrons. The number of para-hydroxylation sites is 1. The van der Waals surface area contributed by atoms with E-state index in [1.807, 2.05) is 38.1 Å². The number of carbonyl (C=O) groups is 1. The van der Waals surface area contributed by atoms with Gasteiger partial charge in [0.25, 0.3) is 0 Å². The van der Waals surface area contributed by atoms with Crippen molar-refractivity contribution in [3.05, 3.63) is 63.3 Å². The molecule has 1 aliphatic heterocycles. The minimum atomic E-state index is -4.16. The molecule has 1 amide bonds. The molecular weight excluding hydrogens is 559 g/mol. The average Bonchev–Trinajstić information content (AvgIpc) is 3.37. The Kier molecular flexibility index (Phi) is 8.08. The first-order valence-corrected chi connectivity index (χ1v) is 15.4. The number of rotatable bonds is 7. The first-order valence-electron chi connectivity index (χ1n) is 13.1. The van der Waals surface area contributed by atoms with E-state index >= 15 is 0 Å². The molecule has 8 nitrogen and oxygen atoms in total. The molecular formula is C28H32Cl2N4O4S. The second-order valence-electron chi connectivity index (χ2n) is 10.3. The highest BCUT2D eigenvalue weighted by atomic mass is 35.5. The number of amides is 1. The van der Waals surface area contributed by atoms with Crippen molar-refractivity contribution >= 4 is 50.0 Å². The Hall–Kier alpha value is -2.43. The molecule has 0 atom stereocenters. The number of hydrogen-bond donors (Lipinski definition) is 2. The second-order valence-corrected chi connectivity index (χ2v) is 12.7. The van der Waals surface area contributed by atoms with Crippen LogP contribution in [0.1, 0.15) is 42.5 Å². The predicted octanol–water partition coefficient (Wildman–Crippen LogP) is 4.76. The number of benzene rings is 2. The SMILES string of the molecule is Cc1cc(C)c2cccc(OCc3c(Cl)ccc(S(=O)(=O)NC4(C(=O)N5CCNCC5)CCCC4)c3Cl)c2n1. The molecule has 0 bridgehead atoms. The summed E-state index contributed by atoms with van der Waals surface area (Å²) in [6, 6.07) is 10.5. The molecule has 208 valence electrons. The molecule has 5 rings (SSSR count). The number of aromatic nitrogens is 1. The fourth-order valence-corrected chi connectivity index (χ4v) is 7.87. The van der Waals surface area contributed by atoms with E-state index in [0.717, 1.165) is 29.5 Å². The maximum absolute atomic E-state index is 13.7. The summed E-state index contributed by atoms with van der Waals surface area (Å²) in [6.45, 7) is 6.35. The van der Waals surface area contributed by atoms with E-state index in [-0.39, 0.29) is 27.5 Å². The van der Waals surface area contributed by atoms with Gasteiger partial charge < -0.3 is 15.0 Å². The van der Waals surface area contributed by atoms with Gasteiger partial charge in [-0.15, -0.1) is 0 Å². The number of carbonyl (C=O) groups excluding carboxylic acids is 1. The smallest absolute Gasteiger partial charge is 0.243 e. The lowest BCUT2D eigenvalue weighted by Crippen LogP contribution is -2.60. The Morgan fingerprint density at radius 2 is 1.85 bits per heavy atom. The molecule has 2 heterocycles. The third-order valence-corrected chi connectivity index (χ3v) is 10.0. The van der Waals surface area contributed by atoms with Gasteiger partial charge in [-0.2, -0.15) is 4.72 Å². The minimum Gasteiger partial charge on any atom is -0.487 e. The van der Waals surface area contributed by atoms with Crippen LogP contribution in [0.5, 0.6) is 5.75 Å². The van der Waals surface area contributed by atoms with E-state index in [1.54, 1.807) is 4.90 Å². The maximum Gasteiger partial charge on any atom is 0.243 e. The summed E-state index contributed by atoms with van der Waals surface area (Å²) in [6.07, 6.45) is 2.43. The van der Waals surface area contributed by atoms with Gasteiger partial charge in [0, 0.05) is 47.8 Å². The van der Waals surface area contributed by atoms with Gasteiger partial charge in [0.1, 0.15) is 28.3 Å². The van der Waals surface area contributed by atoms with E-state index in [0.29, 0.717) is 55.9 Å². The Labute approximate surface area is 239 Å². The molecule has 11 heteroatoms. The molecule has 3 aromatic rings. The fraction of sp³-hybridized carbons (Fsp3) is 0.429. The summed E-state index contributed by atoms with van der Waals surface area (Å²) in [5, 5.41) is 4.45. The summed E-state index contributed by atoms with van der Waals surface area (Å²) in [5.41, 5.74) is 1.82. The summed E-state index contributed by atoms with van der Waals surface area (Å²) in [7, 11) is -4.16. The van der Waals surface area contributed by atoms with E-state index in [4.69, 9.17) is 27.9 Å². The van der Waals surface area contributed by atoms with Gasteiger partial charge in [0.05, 0.1) is 5.02 Å². The topological polar surface area (TPSA) is 101 Å². The molecule has 1 aliphatic carbocycles. The van der Waals surface area contributed by atoms with Crippen molar-refractivity contribution in [2.24, 2.45) is 0 Å². The Balaban J connectivity index is 1.43. The number of ether oxygens (including phenoxy) is 1. The number of sulfonamides is 1. The highest BCUT2D eigenvalue weighted by molar-refractivity contribution is 7.89. The number of hydrogen-bond acceptors (Lipinski definition) is 6. The Morgan fingerprint density at radius 3 is 2.56 bits per heavy atom. The molecule has 2 aliphatic rings. The number of nitrogens with one attached hydrogen (secondary N) is 2. The molecule has 1 aromatic heterocycles. The van der Waals surface area contributed by atoms with E-state index in [2.05, 4.69) is 15.0 Å². The van der Waals surface area contributed by atoms with Crippen molar-refractivity contribution in [3.63, 3.8) is 0 Å². The van der Waals surface area contributed by atoms with Crippen molar-refractivity contribution in [1.29, 1.82) is 0 Å². The van der Waals surface area contributed by atoms with Crippen molar-refractivity contribution in [2.75, 3.05) is 26.2 Å². The zero-order valence-corrected chi connectivity index (χ0v) is 24.3. The van der Waals surface area contributed by atoms with E-state index < -0.39 is 15.6 Å². The summed E-state index contributed by atoms with van der Waals surface area (Å²) in [5.74, 6) is 0.372. The zero-order valence-electron chi connectivity index (χ0n) is 22.0. The number of fused-ring (bicyclic) bond motifs is 1. The second kappa shape index (κ2) is 11.2. The third-order valence-electron chi connectivity index (χ3n) is 7.55. The van der Waals surface area contributed by atoms with Gasteiger partial charge in [-0.25, -0.2) is 13.4 Å². The van der Waals surface area contributed by atoms with E-state index in [1.165, 1.54) is 12.1 Å². The van der Waals surface area contributed by atoms with Crippen LogP contribution < -0.4 is 14.8 Å². The molecule has 2 fully saturated rings. The van der Waals surface area contributed by atoms with Gasteiger partial charge in [0.2, 0.25) is 15.9 Å². The highest BCUT2D eigenvalue weighted by Crippen LogP contribution is 2.37. The normalized spacial score (nSPS) is 17.5. The monoisotopic (exact) mass is 590 g/mol. The van der Waals surface area contributed by atoms with Crippen LogP contribution in [0.3, 0.4) is 0 Å². The molecule has 1 saturated carbocycles. The maximum atomic E-state index is 13.7. The fourth-order valence-electron chi connectivity index (χ4n) is 5.56. The Bertz CT molecular complexity index is 1520. The molecule has 2 aromatic carbocycles. The average molecular weight is 592 g/mol. The summed E-state index contributed by atoms with van der Waals surface area (Å²) in [4.78, 5) is 19.8. The zero-order chi connectivity index (χ0) is 27.8. The first-order chi connectivity index (χ1) is 18.6. The predicted molar refractivity (Wildman–Crippen MR) is 153 cm³/mol. The van der Waals surface area contributed by atoms with Crippen LogP contribution in [0.2, 0.25) is 10.0 Å². The van der Waals surface area contributed by atoms with Crippen LogP contribution in [0.4, 0.5) is 0 Å². The van der Waals surface area contributed by atoms with Crippen LogP contribution in [0.15, 0.2) is 41.3 Å². The van der Waals surface area contributed by atoms with Crippen LogP contribution >= 0.6 is 23.2 Å². The van der Waals surface area contributed by atoms with Gasteiger partial charge in [-0.3, -0.25) is 4.79 Å². The van der Waals surface area contributed by atoms with Crippen molar-refractivity contribution in [3.8, 4) is 5.75 Å². The Morgan fingerprint density at radius 1 is 1.13 bits per heavy atom. The van der Waals surface area contributed by atoms with Crippen LogP contribution in [-0.4, -0.2) is 55.9 Å². The van der Waals surface area contributed by atoms with Crippen LogP contribution in [0.25, 0.3) is 10.9 Å². The first kappa shape index (κ1) is 28.1. The number of nitrogens with zero attached hydrogens (tertiary/aromatic N) is 2.